The zero-order valence-electron chi connectivity index (χ0n) is 26.5. The minimum Gasteiger partial charge on any atom is -0.394 e. The number of carbonyl (C=O) groups is 1. The SMILES string of the molecule is CCCCCCCCCCCC/C=C/[C@@H](O)[C@H](CO[C@@H]1O[C@H](CO)[C@@H](O)C(O)C1O)NC(=O)CCCCCCCCC. The van der Waals surface area contributed by atoms with Crippen molar-refractivity contribution in [2.75, 3.05) is 13.2 Å². The van der Waals surface area contributed by atoms with Crippen LogP contribution in [0.2, 0.25) is 0 Å². The van der Waals surface area contributed by atoms with Crippen molar-refractivity contribution in [3.05, 3.63) is 12.2 Å². The summed E-state index contributed by atoms with van der Waals surface area (Å²) in [4.78, 5) is 12.7. The molecule has 0 bridgehead atoms. The van der Waals surface area contributed by atoms with Crippen molar-refractivity contribution < 1.29 is 39.8 Å². The van der Waals surface area contributed by atoms with Gasteiger partial charge in [-0.05, 0) is 19.3 Å². The molecule has 9 nitrogen and oxygen atoms in total. The second-order valence-corrected chi connectivity index (χ2v) is 12.0. The van der Waals surface area contributed by atoms with Crippen LogP contribution in [0, 0.1) is 0 Å². The van der Waals surface area contributed by atoms with Crippen LogP contribution in [0.3, 0.4) is 0 Å². The molecule has 2 unspecified atom stereocenters. The van der Waals surface area contributed by atoms with Crippen LogP contribution < -0.4 is 5.32 Å². The number of hydrogen-bond donors (Lipinski definition) is 6. The summed E-state index contributed by atoms with van der Waals surface area (Å²) in [6.45, 7) is 3.67. The predicted octanol–water partition coefficient (Wildman–Crippen LogP) is 4.66. The highest BCUT2D eigenvalue weighted by Crippen LogP contribution is 2.22. The number of rotatable bonds is 26. The molecule has 6 N–H and O–H groups in total. The number of aliphatic hydroxyl groups is 5. The Morgan fingerprint density at radius 3 is 1.86 bits per heavy atom. The van der Waals surface area contributed by atoms with E-state index in [1.807, 2.05) is 6.08 Å². The maximum Gasteiger partial charge on any atom is 0.220 e. The van der Waals surface area contributed by atoms with Crippen LogP contribution in [-0.2, 0) is 14.3 Å². The molecule has 0 aromatic heterocycles. The monoisotopic (exact) mass is 601 g/mol. The van der Waals surface area contributed by atoms with Gasteiger partial charge < -0.3 is 40.3 Å². The van der Waals surface area contributed by atoms with E-state index in [0.717, 1.165) is 38.5 Å². The summed E-state index contributed by atoms with van der Waals surface area (Å²) in [5, 5.41) is 53.5. The summed E-state index contributed by atoms with van der Waals surface area (Å²) in [6, 6.07) is -0.793. The number of unbranched alkanes of at least 4 members (excludes halogenated alkanes) is 16. The Labute approximate surface area is 255 Å². The largest absolute Gasteiger partial charge is 0.394 e. The third-order valence-electron chi connectivity index (χ3n) is 8.11. The van der Waals surface area contributed by atoms with Gasteiger partial charge in [-0.3, -0.25) is 4.79 Å². The van der Waals surface area contributed by atoms with E-state index in [1.54, 1.807) is 6.08 Å². The van der Waals surface area contributed by atoms with Crippen LogP contribution in [0.4, 0.5) is 0 Å². The number of amides is 1. The van der Waals surface area contributed by atoms with Crippen LogP contribution >= 0.6 is 0 Å². The molecule has 248 valence electrons. The van der Waals surface area contributed by atoms with E-state index in [1.165, 1.54) is 77.0 Å². The van der Waals surface area contributed by atoms with Crippen LogP contribution in [0.1, 0.15) is 136 Å². The molecule has 1 aliphatic heterocycles. The van der Waals surface area contributed by atoms with E-state index in [0.29, 0.717) is 6.42 Å². The molecule has 1 aliphatic rings. The standard InChI is InChI=1S/C33H63NO8/c1-3-5-7-9-11-12-13-14-15-17-18-20-22-27(36)26(34-29(37)23-21-19-16-10-8-6-4-2)25-41-33-32(40)31(39)30(38)28(24-35)42-33/h20,22,26-28,30-33,35-36,38-40H,3-19,21,23-25H2,1-2H3,(H,34,37)/b22-20+/t26-,27+,28+,30+,31?,32?,33+/m0/s1. The number of ether oxygens (including phenoxy) is 2. The Bertz CT molecular complexity index is 676. The average Bonchev–Trinajstić information content (AvgIpc) is 2.98. The second kappa shape index (κ2) is 25.3. The van der Waals surface area contributed by atoms with E-state index >= 15 is 0 Å². The van der Waals surface area contributed by atoms with Crippen molar-refractivity contribution >= 4 is 5.91 Å². The number of allylic oxidation sites excluding steroid dienone is 1. The molecule has 0 aromatic carbocycles. The molecular weight excluding hydrogens is 538 g/mol. The minimum atomic E-state index is -1.56. The molecule has 0 aromatic rings. The van der Waals surface area contributed by atoms with E-state index in [2.05, 4.69) is 19.2 Å². The van der Waals surface area contributed by atoms with Gasteiger partial charge in [-0.1, -0.05) is 122 Å². The Hall–Kier alpha value is -1.07. The molecule has 7 atom stereocenters. The molecule has 0 radical (unpaired) electrons. The molecule has 0 spiro atoms. The first-order valence-corrected chi connectivity index (χ1v) is 16.9. The van der Waals surface area contributed by atoms with Gasteiger partial charge in [-0.15, -0.1) is 0 Å². The lowest BCUT2D eigenvalue weighted by molar-refractivity contribution is -0.302. The first kappa shape index (κ1) is 39.0. The van der Waals surface area contributed by atoms with Crippen LogP contribution in [0.5, 0.6) is 0 Å². The molecule has 1 saturated heterocycles. The van der Waals surface area contributed by atoms with Gasteiger partial charge in [0.2, 0.25) is 5.91 Å². The third-order valence-corrected chi connectivity index (χ3v) is 8.11. The molecule has 1 rings (SSSR count). The first-order valence-electron chi connectivity index (χ1n) is 16.9. The molecule has 1 fully saturated rings. The maximum absolute atomic E-state index is 12.7. The van der Waals surface area contributed by atoms with Gasteiger partial charge in [0.15, 0.2) is 6.29 Å². The smallest absolute Gasteiger partial charge is 0.220 e. The zero-order valence-corrected chi connectivity index (χ0v) is 26.5. The quantitative estimate of drug-likeness (QED) is 0.0620. The fraction of sp³-hybridized carbons (Fsp3) is 0.909. The molecular formula is C33H63NO8. The summed E-state index contributed by atoms with van der Waals surface area (Å²) in [5.41, 5.74) is 0. The van der Waals surface area contributed by atoms with Crippen LogP contribution in [-0.4, -0.2) is 87.5 Å². The van der Waals surface area contributed by atoms with Crippen molar-refractivity contribution in [2.24, 2.45) is 0 Å². The van der Waals surface area contributed by atoms with Gasteiger partial charge in [-0.2, -0.15) is 0 Å². The Morgan fingerprint density at radius 2 is 1.31 bits per heavy atom. The van der Waals surface area contributed by atoms with Crippen molar-refractivity contribution in [3.63, 3.8) is 0 Å². The molecule has 42 heavy (non-hydrogen) atoms. The minimum absolute atomic E-state index is 0.185. The fourth-order valence-corrected chi connectivity index (χ4v) is 5.27. The lowest BCUT2D eigenvalue weighted by Crippen LogP contribution is -2.60. The van der Waals surface area contributed by atoms with E-state index in [4.69, 9.17) is 9.47 Å². The highest BCUT2D eigenvalue weighted by atomic mass is 16.7. The normalized spacial score (nSPS) is 24.2. The predicted molar refractivity (Wildman–Crippen MR) is 166 cm³/mol. The highest BCUT2D eigenvalue weighted by Gasteiger charge is 2.44. The third kappa shape index (κ3) is 17.3. The van der Waals surface area contributed by atoms with Gasteiger partial charge in [0.25, 0.3) is 0 Å². The molecule has 0 saturated carbocycles. The average molecular weight is 602 g/mol. The number of carbonyl (C=O) groups excluding carboxylic acids is 1. The molecule has 1 amide bonds. The Balaban J connectivity index is 2.53. The van der Waals surface area contributed by atoms with Crippen molar-refractivity contribution in [1.82, 2.24) is 5.32 Å². The van der Waals surface area contributed by atoms with Gasteiger partial charge in [0.05, 0.1) is 25.4 Å². The summed E-state index contributed by atoms with van der Waals surface area (Å²) in [7, 11) is 0. The Kier molecular flexibility index (Phi) is 23.4. The zero-order chi connectivity index (χ0) is 31.0. The van der Waals surface area contributed by atoms with Crippen molar-refractivity contribution in [3.8, 4) is 0 Å². The van der Waals surface area contributed by atoms with Gasteiger partial charge in [0.1, 0.15) is 24.4 Å². The van der Waals surface area contributed by atoms with Gasteiger partial charge in [-0.25, -0.2) is 0 Å². The van der Waals surface area contributed by atoms with E-state index in [9.17, 15) is 30.3 Å². The number of aliphatic hydroxyl groups excluding tert-OH is 5. The van der Waals surface area contributed by atoms with Crippen LogP contribution in [0.25, 0.3) is 0 Å². The second-order valence-electron chi connectivity index (χ2n) is 12.0. The van der Waals surface area contributed by atoms with Crippen molar-refractivity contribution in [2.45, 2.75) is 179 Å². The number of nitrogens with one attached hydrogen (secondary N) is 1. The van der Waals surface area contributed by atoms with E-state index in [-0.39, 0.29) is 12.5 Å². The summed E-state index contributed by atoms with van der Waals surface area (Å²) < 4.78 is 11.1. The fourth-order valence-electron chi connectivity index (χ4n) is 5.27. The first-order chi connectivity index (χ1) is 20.3. The Morgan fingerprint density at radius 1 is 0.786 bits per heavy atom. The topological polar surface area (TPSA) is 149 Å². The highest BCUT2D eigenvalue weighted by molar-refractivity contribution is 5.76. The number of hydrogen-bond acceptors (Lipinski definition) is 8. The lowest BCUT2D eigenvalue weighted by Gasteiger charge is -2.40. The molecule has 0 aliphatic carbocycles. The summed E-state index contributed by atoms with van der Waals surface area (Å²) >= 11 is 0. The lowest BCUT2D eigenvalue weighted by atomic mass is 9.99. The van der Waals surface area contributed by atoms with Crippen molar-refractivity contribution in [1.29, 1.82) is 0 Å². The van der Waals surface area contributed by atoms with Gasteiger partial charge >= 0.3 is 0 Å². The molecule has 9 heteroatoms. The van der Waals surface area contributed by atoms with Crippen LogP contribution in [0.15, 0.2) is 12.2 Å². The van der Waals surface area contributed by atoms with Gasteiger partial charge in [0, 0.05) is 6.42 Å². The summed E-state index contributed by atoms with van der Waals surface area (Å²) in [6.07, 6.45) is 17.0. The maximum atomic E-state index is 12.7. The molecule has 1 heterocycles. The summed E-state index contributed by atoms with van der Waals surface area (Å²) in [5.74, 6) is -0.187. The van der Waals surface area contributed by atoms with E-state index < -0.39 is 49.5 Å².